The van der Waals surface area contributed by atoms with Gasteiger partial charge in [-0.1, -0.05) is 24.8 Å². The number of hydrogen-bond acceptors (Lipinski definition) is 2. The van der Waals surface area contributed by atoms with Gasteiger partial charge in [-0.3, -0.25) is 4.79 Å². The van der Waals surface area contributed by atoms with Crippen LogP contribution in [-0.4, -0.2) is 28.6 Å². The maximum Gasteiger partial charge on any atom is 0.259 e. The number of carbonyl (C=O) groups is 1. The predicted octanol–water partition coefficient (Wildman–Crippen LogP) is 2.27. The molecule has 3 heteroatoms. The molecular formula is C14H17NO2. The summed E-state index contributed by atoms with van der Waals surface area (Å²) in [5.41, 5.74) is 2.43. The molecule has 3 nitrogen and oxygen atoms in total. The van der Waals surface area contributed by atoms with Crippen LogP contribution in [0, 0.1) is 0 Å². The van der Waals surface area contributed by atoms with E-state index >= 15 is 0 Å². The number of aliphatic hydroxyl groups is 1. The molecule has 1 amide bonds. The van der Waals surface area contributed by atoms with Crippen LogP contribution in [0.4, 0.5) is 0 Å². The fourth-order valence-corrected chi connectivity index (χ4v) is 2.29. The molecule has 0 saturated carbocycles. The van der Waals surface area contributed by atoms with Gasteiger partial charge in [0, 0.05) is 29.5 Å². The highest BCUT2D eigenvalue weighted by Gasteiger charge is 2.33. The second-order valence-corrected chi connectivity index (χ2v) is 4.38. The van der Waals surface area contributed by atoms with E-state index in [4.69, 9.17) is 5.11 Å². The number of benzene rings is 1. The van der Waals surface area contributed by atoms with E-state index < -0.39 is 0 Å². The Bertz CT molecular complexity index is 418. The van der Waals surface area contributed by atoms with Crippen molar-refractivity contribution in [2.45, 2.75) is 25.8 Å². The molecule has 0 aliphatic carbocycles. The molecule has 1 aliphatic rings. The van der Waals surface area contributed by atoms with Crippen LogP contribution in [0.25, 0.3) is 5.70 Å². The molecule has 0 fully saturated rings. The molecule has 0 saturated heterocycles. The van der Waals surface area contributed by atoms with Crippen molar-refractivity contribution in [2.24, 2.45) is 0 Å². The third-order valence-corrected chi connectivity index (χ3v) is 3.20. The summed E-state index contributed by atoms with van der Waals surface area (Å²) in [5, 5.41) is 8.84. The van der Waals surface area contributed by atoms with E-state index in [-0.39, 0.29) is 18.6 Å². The minimum atomic E-state index is 0.0241. The number of fused-ring (bicyclic) bond motifs is 1. The van der Waals surface area contributed by atoms with Crippen LogP contribution < -0.4 is 0 Å². The van der Waals surface area contributed by atoms with Crippen LogP contribution in [0.5, 0.6) is 0 Å². The molecule has 0 radical (unpaired) electrons. The van der Waals surface area contributed by atoms with Crippen LogP contribution in [0.1, 0.15) is 35.7 Å². The van der Waals surface area contributed by atoms with Gasteiger partial charge in [-0.15, -0.1) is 0 Å². The summed E-state index contributed by atoms with van der Waals surface area (Å²) in [7, 11) is 0. The Morgan fingerprint density at radius 3 is 2.59 bits per heavy atom. The summed E-state index contributed by atoms with van der Waals surface area (Å²) in [6, 6.07) is 7.62. The zero-order valence-electron chi connectivity index (χ0n) is 10.0. The van der Waals surface area contributed by atoms with Gasteiger partial charge < -0.3 is 10.0 Å². The molecule has 1 atom stereocenters. The molecule has 1 aromatic rings. The highest BCUT2D eigenvalue weighted by atomic mass is 16.3. The summed E-state index contributed by atoms with van der Waals surface area (Å²) < 4.78 is 0. The SMILES string of the molecule is C=C1c2ccccc2C(=O)N1C(C)CCCO. The van der Waals surface area contributed by atoms with Crippen LogP contribution in [0.15, 0.2) is 30.8 Å². The van der Waals surface area contributed by atoms with Gasteiger partial charge in [0.2, 0.25) is 0 Å². The van der Waals surface area contributed by atoms with Crippen molar-refractivity contribution in [3.05, 3.63) is 42.0 Å². The van der Waals surface area contributed by atoms with Crippen molar-refractivity contribution in [2.75, 3.05) is 6.61 Å². The summed E-state index contributed by atoms with van der Waals surface area (Å²) in [6.45, 7) is 6.15. The Morgan fingerprint density at radius 1 is 1.35 bits per heavy atom. The smallest absolute Gasteiger partial charge is 0.259 e. The normalized spacial score (nSPS) is 16.2. The summed E-state index contributed by atoms with van der Waals surface area (Å²) in [6.07, 6.45) is 1.49. The van der Waals surface area contributed by atoms with E-state index in [1.807, 2.05) is 31.2 Å². The van der Waals surface area contributed by atoms with Crippen LogP contribution in [0.3, 0.4) is 0 Å². The maximum absolute atomic E-state index is 12.2. The number of aliphatic hydroxyl groups excluding tert-OH is 1. The van der Waals surface area contributed by atoms with Gasteiger partial charge in [0.15, 0.2) is 0 Å². The summed E-state index contributed by atoms with van der Waals surface area (Å²) >= 11 is 0. The van der Waals surface area contributed by atoms with Gasteiger partial charge in [0.05, 0.1) is 0 Å². The standard InChI is InChI=1S/C14H17NO2/c1-10(6-5-9-16)15-11(2)12-7-3-4-8-13(12)14(15)17/h3-4,7-8,10,16H,2,5-6,9H2,1H3. The maximum atomic E-state index is 12.2. The lowest BCUT2D eigenvalue weighted by atomic mass is 10.1. The molecular weight excluding hydrogens is 214 g/mol. The average molecular weight is 231 g/mol. The second-order valence-electron chi connectivity index (χ2n) is 4.38. The van der Waals surface area contributed by atoms with Crippen molar-refractivity contribution >= 4 is 11.6 Å². The minimum absolute atomic E-state index is 0.0241. The average Bonchev–Trinajstić information content (AvgIpc) is 2.60. The third-order valence-electron chi connectivity index (χ3n) is 3.20. The Kier molecular flexibility index (Phi) is 3.29. The Morgan fingerprint density at radius 2 is 2.00 bits per heavy atom. The van der Waals surface area contributed by atoms with Crippen molar-refractivity contribution in [3.63, 3.8) is 0 Å². The monoisotopic (exact) mass is 231 g/mol. The van der Waals surface area contributed by atoms with Gasteiger partial charge in [-0.05, 0) is 25.8 Å². The van der Waals surface area contributed by atoms with E-state index in [1.165, 1.54) is 0 Å². The number of rotatable bonds is 4. The molecule has 0 aromatic heterocycles. The van der Waals surface area contributed by atoms with Gasteiger partial charge in [-0.2, -0.15) is 0 Å². The first-order chi connectivity index (χ1) is 8.16. The van der Waals surface area contributed by atoms with Gasteiger partial charge in [0.25, 0.3) is 5.91 Å². The lowest BCUT2D eigenvalue weighted by molar-refractivity contribution is 0.0803. The van der Waals surface area contributed by atoms with Crippen molar-refractivity contribution in [1.82, 2.24) is 4.90 Å². The fourth-order valence-electron chi connectivity index (χ4n) is 2.29. The number of hydrogen-bond donors (Lipinski definition) is 1. The molecule has 1 aliphatic heterocycles. The lowest BCUT2D eigenvalue weighted by Crippen LogP contribution is -2.32. The van der Waals surface area contributed by atoms with Gasteiger partial charge >= 0.3 is 0 Å². The Balaban J connectivity index is 2.24. The first kappa shape index (κ1) is 11.9. The molecule has 2 rings (SSSR count). The first-order valence-corrected chi connectivity index (χ1v) is 5.89. The molecule has 1 N–H and O–H groups in total. The highest BCUT2D eigenvalue weighted by molar-refractivity contribution is 6.08. The highest BCUT2D eigenvalue weighted by Crippen LogP contribution is 2.33. The summed E-state index contributed by atoms with van der Waals surface area (Å²) in [4.78, 5) is 14.0. The molecule has 1 unspecified atom stereocenters. The zero-order chi connectivity index (χ0) is 12.4. The summed E-state index contributed by atoms with van der Waals surface area (Å²) in [5.74, 6) is 0.0241. The number of nitrogens with zero attached hydrogens (tertiary/aromatic N) is 1. The topological polar surface area (TPSA) is 40.5 Å². The predicted molar refractivity (Wildman–Crippen MR) is 67.4 cm³/mol. The van der Waals surface area contributed by atoms with Gasteiger partial charge in [0.1, 0.15) is 0 Å². The zero-order valence-corrected chi connectivity index (χ0v) is 10.0. The fraction of sp³-hybridized carbons (Fsp3) is 0.357. The van der Waals surface area contributed by atoms with Crippen molar-refractivity contribution in [1.29, 1.82) is 0 Å². The minimum Gasteiger partial charge on any atom is -0.396 e. The molecule has 0 spiro atoms. The van der Waals surface area contributed by atoms with Crippen LogP contribution in [0.2, 0.25) is 0 Å². The quantitative estimate of drug-likeness (QED) is 0.863. The lowest BCUT2D eigenvalue weighted by Gasteiger charge is -2.25. The number of amides is 1. The molecule has 17 heavy (non-hydrogen) atoms. The Labute approximate surface area is 101 Å². The van der Waals surface area contributed by atoms with Gasteiger partial charge in [-0.25, -0.2) is 0 Å². The van der Waals surface area contributed by atoms with Crippen molar-refractivity contribution in [3.8, 4) is 0 Å². The second kappa shape index (κ2) is 4.72. The Hall–Kier alpha value is -1.61. The van der Waals surface area contributed by atoms with E-state index in [0.717, 1.165) is 23.2 Å². The molecule has 1 aromatic carbocycles. The molecule has 0 bridgehead atoms. The van der Waals surface area contributed by atoms with Crippen LogP contribution in [-0.2, 0) is 0 Å². The third kappa shape index (κ3) is 1.98. The number of carbonyl (C=O) groups excluding carboxylic acids is 1. The first-order valence-electron chi connectivity index (χ1n) is 5.89. The van der Waals surface area contributed by atoms with Crippen molar-refractivity contribution < 1.29 is 9.90 Å². The largest absolute Gasteiger partial charge is 0.396 e. The van der Waals surface area contributed by atoms with Crippen LogP contribution >= 0.6 is 0 Å². The van der Waals surface area contributed by atoms with E-state index in [0.29, 0.717) is 6.42 Å². The van der Waals surface area contributed by atoms with E-state index in [1.54, 1.807) is 4.90 Å². The molecule has 90 valence electrons. The van der Waals surface area contributed by atoms with E-state index in [2.05, 4.69) is 6.58 Å². The van der Waals surface area contributed by atoms with E-state index in [9.17, 15) is 4.79 Å². The molecule has 1 heterocycles.